The molecule has 0 bridgehead atoms. The van der Waals surface area contributed by atoms with Gasteiger partial charge in [-0.3, -0.25) is 19.7 Å². The summed E-state index contributed by atoms with van der Waals surface area (Å²) in [5.74, 6) is -3.04. The van der Waals surface area contributed by atoms with Crippen LogP contribution in [0, 0.1) is 27.9 Å². The first-order valence-electron chi connectivity index (χ1n) is 13.8. The topological polar surface area (TPSA) is 141 Å². The fourth-order valence-electron chi connectivity index (χ4n) is 6.22. The number of aliphatic hydroxyl groups is 2. The number of aromatic hydroxyl groups is 1. The number of imide groups is 1. The quantitative estimate of drug-likeness (QED) is 0.153. The molecule has 2 amide bonds. The second-order valence-corrected chi connectivity index (χ2v) is 10.5. The van der Waals surface area contributed by atoms with Crippen molar-refractivity contribution in [2.45, 2.75) is 58.5 Å². The summed E-state index contributed by atoms with van der Waals surface area (Å²) in [5, 5.41) is 43.0. The van der Waals surface area contributed by atoms with Gasteiger partial charge in [0.1, 0.15) is 5.75 Å². The number of nitrogens with zero attached hydrogens (tertiary/aromatic N) is 2. The minimum atomic E-state index is -0.910. The van der Waals surface area contributed by atoms with E-state index in [2.05, 4.69) is 6.92 Å². The normalized spacial score (nSPS) is 22.1. The molecule has 1 fully saturated rings. The molecule has 2 aromatic carbocycles. The first-order valence-corrected chi connectivity index (χ1v) is 13.8. The molecule has 2 aromatic rings. The van der Waals surface area contributed by atoms with Crippen molar-refractivity contribution in [1.82, 2.24) is 0 Å². The van der Waals surface area contributed by atoms with Gasteiger partial charge >= 0.3 is 0 Å². The number of amides is 2. The number of rotatable bonds is 11. The number of hydrogen-bond donors (Lipinski definition) is 3. The van der Waals surface area contributed by atoms with E-state index in [4.69, 9.17) is 0 Å². The number of benzene rings is 2. The third-order valence-corrected chi connectivity index (χ3v) is 8.02. The number of fused-ring (bicyclic) bond motifs is 1. The second kappa shape index (κ2) is 12.6. The van der Waals surface area contributed by atoms with Crippen LogP contribution in [0.3, 0.4) is 0 Å². The molecular weight excluding hydrogens is 512 g/mol. The lowest BCUT2D eigenvalue weighted by atomic mass is 9.67. The summed E-state index contributed by atoms with van der Waals surface area (Å²) in [5.41, 5.74) is 3.39. The highest BCUT2D eigenvalue weighted by molar-refractivity contribution is 6.22. The Hall–Kier alpha value is -3.82. The van der Waals surface area contributed by atoms with Gasteiger partial charge in [0.25, 0.3) is 5.69 Å². The standard InChI is InChI=1S/C31H36N2O7/c1-3-7-19(14-20-8-5-11-24(35)15-20)12-13-27(36)28-21(4-2)16-25-29(26(28)18-34)31(38)32(30(25)37)22-9-6-10-23(17-22)33(39)40/h5-6,8-11,14-15,17,25-27,29,34-36H,3-4,7,12-13,16,18H2,1-2H3/b19-14+/t25-,26+,27-,29-/m1/s1. The van der Waals surface area contributed by atoms with Gasteiger partial charge in [0.15, 0.2) is 0 Å². The molecule has 0 unspecified atom stereocenters. The predicted octanol–water partition coefficient (Wildman–Crippen LogP) is 5.15. The van der Waals surface area contributed by atoms with Crippen LogP contribution in [0.15, 0.2) is 65.3 Å². The molecule has 0 saturated carbocycles. The number of nitro benzene ring substituents is 1. The van der Waals surface area contributed by atoms with E-state index in [1.807, 2.05) is 19.1 Å². The smallest absolute Gasteiger partial charge is 0.271 e. The number of carbonyl (C=O) groups excluding carboxylic acids is 2. The summed E-state index contributed by atoms with van der Waals surface area (Å²) in [6, 6.07) is 12.4. The zero-order valence-electron chi connectivity index (χ0n) is 22.8. The van der Waals surface area contributed by atoms with Gasteiger partial charge in [-0.25, -0.2) is 4.90 Å². The van der Waals surface area contributed by atoms with Gasteiger partial charge in [0, 0.05) is 18.1 Å². The molecule has 2 aliphatic rings. The van der Waals surface area contributed by atoms with E-state index < -0.39 is 47.2 Å². The first-order chi connectivity index (χ1) is 19.2. The number of allylic oxidation sites excluding steroid dienone is 2. The van der Waals surface area contributed by atoms with Crippen LogP contribution in [0.5, 0.6) is 5.75 Å². The number of non-ortho nitro benzene ring substituents is 1. The fraction of sp³-hybridized carbons (Fsp3) is 0.419. The molecule has 9 nitrogen and oxygen atoms in total. The lowest BCUT2D eigenvalue weighted by molar-refractivity contribution is -0.384. The number of carbonyl (C=O) groups is 2. The number of phenols is 1. The fourth-order valence-corrected chi connectivity index (χ4v) is 6.22. The van der Waals surface area contributed by atoms with E-state index in [9.17, 15) is 35.0 Å². The highest BCUT2D eigenvalue weighted by atomic mass is 16.6. The number of aliphatic hydroxyl groups excluding tert-OH is 2. The van der Waals surface area contributed by atoms with Crippen LogP contribution < -0.4 is 4.90 Å². The zero-order valence-corrected chi connectivity index (χ0v) is 22.8. The van der Waals surface area contributed by atoms with E-state index in [0.717, 1.165) is 34.5 Å². The van der Waals surface area contributed by atoms with E-state index in [1.54, 1.807) is 18.2 Å². The Labute approximate surface area is 233 Å². The maximum Gasteiger partial charge on any atom is 0.271 e. The Morgan fingerprint density at radius 1 is 1.12 bits per heavy atom. The van der Waals surface area contributed by atoms with Crippen LogP contribution in [-0.2, 0) is 9.59 Å². The summed E-state index contributed by atoms with van der Waals surface area (Å²) in [6.45, 7) is 3.60. The Bertz CT molecular complexity index is 1350. The molecule has 3 N–H and O–H groups in total. The van der Waals surface area contributed by atoms with Crippen molar-refractivity contribution in [2.24, 2.45) is 17.8 Å². The average Bonchev–Trinajstić information content (AvgIpc) is 3.19. The number of anilines is 1. The lowest BCUT2D eigenvalue weighted by Crippen LogP contribution is -2.39. The van der Waals surface area contributed by atoms with Gasteiger partial charge in [-0.2, -0.15) is 0 Å². The first kappa shape index (κ1) is 29.2. The van der Waals surface area contributed by atoms with Gasteiger partial charge in [0.2, 0.25) is 11.8 Å². The molecule has 4 atom stereocenters. The third-order valence-electron chi connectivity index (χ3n) is 8.02. The number of nitro groups is 1. The van der Waals surface area contributed by atoms with E-state index in [0.29, 0.717) is 31.3 Å². The highest BCUT2D eigenvalue weighted by Crippen LogP contribution is 2.48. The maximum absolute atomic E-state index is 13.6. The Balaban J connectivity index is 1.59. The highest BCUT2D eigenvalue weighted by Gasteiger charge is 2.55. The summed E-state index contributed by atoms with van der Waals surface area (Å²) in [6.07, 6.45) is 4.66. The monoisotopic (exact) mass is 548 g/mol. The molecule has 1 heterocycles. The summed E-state index contributed by atoms with van der Waals surface area (Å²) in [7, 11) is 0. The van der Waals surface area contributed by atoms with Crippen LogP contribution >= 0.6 is 0 Å². The summed E-state index contributed by atoms with van der Waals surface area (Å²) >= 11 is 0. The van der Waals surface area contributed by atoms with E-state index in [-0.39, 0.29) is 17.1 Å². The molecule has 0 spiro atoms. The minimum Gasteiger partial charge on any atom is -0.508 e. The van der Waals surface area contributed by atoms with Crippen molar-refractivity contribution in [3.05, 3.63) is 80.9 Å². The lowest BCUT2D eigenvalue weighted by Gasteiger charge is -2.36. The number of phenolic OH excluding ortho intramolecular Hbond substituents is 1. The van der Waals surface area contributed by atoms with E-state index in [1.165, 1.54) is 24.3 Å². The van der Waals surface area contributed by atoms with Gasteiger partial charge in [-0.15, -0.1) is 0 Å². The molecule has 9 heteroatoms. The molecule has 1 saturated heterocycles. The van der Waals surface area contributed by atoms with Gasteiger partial charge in [-0.1, -0.05) is 55.7 Å². The van der Waals surface area contributed by atoms with Crippen molar-refractivity contribution in [3.8, 4) is 5.75 Å². The van der Waals surface area contributed by atoms with Crippen molar-refractivity contribution in [3.63, 3.8) is 0 Å². The van der Waals surface area contributed by atoms with Gasteiger partial charge in [-0.05, 0) is 61.4 Å². The Morgan fingerprint density at radius 3 is 2.52 bits per heavy atom. The molecular formula is C31H36N2O7. The Morgan fingerprint density at radius 2 is 1.88 bits per heavy atom. The molecule has 40 heavy (non-hydrogen) atoms. The van der Waals surface area contributed by atoms with Crippen LogP contribution in [0.1, 0.15) is 57.9 Å². The molecule has 1 aliphatic heterocycles. The Kier molecular flexibility index (Phi) is 9.17. The van der Waals surface area contributed by atoms with Gasteiger partial charge < -0.3 is 15.3 Å². The SMILES string of the molecule is CCC/C(=C\c1cccc(O)c1)CC[C@@H](O)C1=C(CC)C[C@H]2C(=O)N(c3cccc([N+](=O)[O-])c3)C(=O)[C@H]2[C@H]1CO. The van der Waals surface area contributed by atoms with Gasteiger partial charge in [0.05, 0.1) is 35.2 Å². The predicted molar refractivity (Wildman–Crippen MR) is 151 cm³/mol. The van der Waals surface area contributed by atoms with E-state index >= 15 is 0 Å². The van der Waals surface area contributed by atoms with Crippen molar-refractivity contribution < 1.29 is 29.8 Å². The van der Waals surface area contributed by atoms with Crippen molar-refractivity contribution in [1.29, 1.82) is 0 Å². The molecule has 1 aliphatic carbocycles. The van der Waals surface area contributed by atoms with Crippen molar-refractivity contribution in [2.75, 3.05) is 11.5 Å². The zero-order chi connectivity index (χ0) is 29.0. The maximum atomic E-state index is 13.6. The number of hydrogen-bond acceptors (Lipinski definition) is 7. The van der Waals surface area contributed by atoms with Crippen LogP contribution in [-0.4, -0.2) is 44.8 Å². The minimum absolute atomic E-state index is 0.136. The molecule has 0 aromatic heterocycles. The molecule has 0 radical (unpaired) electrons. The molecule has 4 rings (SSSR count). The third kappa shape index (κ3) is 5.85. The molecule has 212 valence electrons. The average molecular weight is 549 g/mol. The van der Waals surface area contributed by atoms with Crippen LogP contribution in [0.2, 0.25) is 0 Å². The largest absolute Gasteiger partial charge is 0.508 e. The summed E-state index contributed by atoms with van der Waals surface area (Å²) in [4.78, 5) is 38.8. The second-order valence-electron chi connectivity index (χ2n) is 10.5. The van der Waals surface area contributed by atoms with Crippen molar-refractivity contribution >= 4 is 29.3 Å². The summed E-state index contributed by atoms with van der Waals surface area (Å²) < 4.78 is 0. The van der Waals surface area contributed by atoms with Crippen LogP contribution in [0.4, 0.5) is 11.4 Å². The van der Waals surface area contributed by atoms with Crippen LogP contribution in [0.25, 0.3) is 6.08 Å².